The van der Waals surface area contributed by atoms with Crippen LogP contribution in [0.15, 0.2) is 29.2 Å². The molecule has 0 aromatic heterocycles. The summed E-state index contributed by atoms with van der Waals surface area (Å²) >= 11 is 1.40. The molecule has 0 radical (unpaired) electrons. The van der Waals surface area contributed by atoms with Gasteiger partial charge in [-0.25, -0.2) is 4.57 Å². The summed E-state index contributed by atoms with van der Waals surface area (Å²) in [7, 11) is -9.00. The Hall–Kier alpha value is -0.330. The van der Waals surface area contributed by atoms with E-state index in [-0.39, 0.29) is 12.4 Å². The first-order chi connectivity index (χ1) is 8.72. The fourth-order valence-corrected chi connectivity index (χ4v) is 4.39. The van der Waals surface area contributed by atoms with E-state index < -0.39 is 21.1 Å². The van der Waals surface area contributed by atoms with Gasteiger partial charge in [-0.05, 0) is 24.3 Å². The van der Waals surface area contributed by atoms with Crippen LogP contribution in [0.1, 0.15) is 0 Å². The molecule has 0 aliphatic rings. The summed E-state index contributed by atoms with van der Waals surface area (Å²) in [5.41, 5.74) is 0. The van der Waals surface area contributed by atoms with E-state index in [9.17, 15) is 14.0 Å². The van der Waals surface area contributed by atoms with Crippen molar-refractivity contribution in [1.82, 2.24) is 0 Å². The second-order valence-corrected chi connectivity index (χ2v) is 8.66. The molecule has 1 rings (SSSR count). The van der Waals surface area contributed by atoms with Crippen molar-refractivity contribution in [3.05, 3.63) is 24.3 Å². The van der Waals surface area contributed by atoms with Crippen molar-refractivity contribution in [2.24, 2.45) is 0 Å². The minimum absolute atomic E-state index is 0.0387. The quantitative estimate of drug-likeness (QED) is 0.438. The summed E-state index contributed by atoms with van der Waals surface area (Å²) in [5.74, 6) is -0.648. The summed E-state index contributed by atoms with van der Waals surface area (Å²) in [5, 5.41) is 8.65. The smallest absolute Gasteiger partial charge is 0.388 e. The molecule has 19 heavy (non-hydrogen) atoms. The first-order valence-corrected chi connectivity index (χ1v) is 9.66. The third kappa shape index (κ3) is 7.13. The topological polar surface area (TPSA) is 124 Å². The number of aliphatic hydroxyl groups is 1. The molecule has 1 unspecified atom stereocenters. The monoisotopic (exact) mass is 328 g/mol. The van der Waals surface area contributed by atoms with Gasteiger partial charge in [0.15, 0.2) is 5.90 Å². The van der Waals surface area contributed by atoms with Gasteiger partial charge in [-0.15, -0.1) is 11.8 Å². The predicted molar refractivity (Wildman–Crippen MR) is 71.6 cm³/mol. The first kappa shape index (κ1) is 16.7. The molecule has 0 spiro atoms. The van der Waals surface area contributed by atoms with E-state index in [2.05, 4.69) is 0 Å². The molecular formula is C9H14O7P2S. The van der Waals surface area contributed by atoms with E-state index in [4.69, 9.17) is 19.4 Å². The molecular weight excluding hydrogens is 314 g/mol. The molecule has 4 N–H and O–H groups in total. The fraction of sp³-hybridized carbons (Fsp3) is 0.333. The van der Waals surface area contributed by atoms with E-state index in [1.807, 2.05) is 0 Å². The van der Waals surface area contributed by atoms with E-state index in [1.165, 1.54) is 23.9 Å². The lowest BCUT2D eigenvalue weighted by Crippen LogP contribution is -1.98. The normalized spacial score (nSPS) is 14.9. The van der Waals surface area contributed by atoms with Crippen LogP contribution in [0, 0.1) is 0 Å². The number of rotatable bonds is 7. The minimum Gasteiger partial charge on any atom is -0.424 e. The van der Waals surface area contributed by atoms with Crippen molar-refractivity contribution in [3.8, 4) is 5.75 Å². The van der Waals surface area contributed by atoms with Crippen molar-refractivity contribution in [2.45, 2.75) is 4.90 Å². The molecule has 10 heteroatoms. The van der Waals surface area contributed by atoms with Gasteiger partial charge in [0.25, 0.3) is 0 Å². The average molecular weight is 328 g/mol. The molecule has 0 amide bonds. The number of hydrogen-bond donors (Lipinski definition) is 4. The lowest BCUT2D eigenvalue weighted by atomic mass is 10.3. The Morgan fingerprint density at radius 3 is 2.16 bits per heavy atom. The van der Waals surface area contributed by atoms with Crippen LogP contribution in [0.2, 0.25) is 0 Å². The van der Waals surface area contributed by atoms with Crippen LogP contribution in [-0.4, -0.2) is 38.0 Å². The SMILES string of the molecule is O=P(O)(O)CP(=O)(O)Oc1ccc(SCCO)cc1. The highest BCUT2D eigenvalue weighted by molar-refractivity contribution is 7.99. The van der Waals surface area contributed by atoms with Gasteiger partial charge in [0.2, 0.25) is 0 Å². The lowest BCUT2D eigenvalue weighted by molar-refractivity contribution is 0.322. The van der Waals surface area contributed by atoms with Crippen LogP contribution < -0.4 is 4.52 Å². The lowest BCUT2D eigenvalue weighted by Gasteiger charge is -2.14. The number of benzene rings is 1. The van der Waals surface area contributed by atoms with Crippen LogP contribution >= 0.6 is 27.0 Å². The van der Waals surface area contributed by atoms with Crippen molar-refractivity contribution in [2.75, 3.05) is 18.3 Å². The largest absolute Gasteiger partial charge is 0.424 e. The Morgan fingerprint density at radius 2 is 1.68 bits per heavy atom. The van der Waals surface area contributed by atoms with Gasteiger partial charge in [0.05, 0.1) is 6.61 Å². The van der Waals surface area contributed by atoms with Crippen LogP contribution in [0.25, 0.3) is 0 Å². The summed E-state index contributed by atoms with van der Waals surface area (Å²) in [6.07, 6.45) is 0. The van der Waals surface area contributed by atoms with Gasteiger partial charge in [-0.1, -0.05) is 0 Å². The standard InChI is InChI=1S/C9H14O7P2S/c10-5-6-19-9-3-1-8(2-4-9)16-18(14,15)7-17(11,12)13/h1-4,10H,5-7H2,(H,14,15)(H2,11,12,13). The minimum atomic E-state index is -4.62. The highest BCUT2D eigenvalue weighted by atomic mass is 32.2. The maximum atomic E-state index is 11.5. The molecule has 0 saturated carbocycles. The van der Waals surface area contributed by atoms with Crippen molar-refractivity contribution in [1.29, 1.82) is 0 Å². The first-order valence-electron chi connectivity index (χ1n) is 5.11. The Balaban J connectivity index is 2.67. The van der Waals surface area contributed by atoms with Crippen molar-refractivity contribution in [3.63, 3.8) is 0 Å². The molecule has 0 aliphatic carbocycles. The third-order valence-electron chi connectivity index (χ3n) is 1.79. The van der Waals surface area contributed by atoms with Gasteiger partial charge < -0.3 is 24.3 Å². The Kier molecular flexibility index (Phi) is 6.08. The Labute approximate surface area is 114 Å². The molecule has 0 fully saturated rings. The van der Waals surface area contributed by atoms with Crippen LogP contribution in [-0.2, 0) is 9.13 Å². The van der Waals surface area contributed by atoms with Crippen molar-refractivity contribution < 1.29 is 33.4 Å². The van der Waals surface area contributed by atoms with Gasteiger partial charge in [-0.3, -0.25) is 4.57 Å². The predicted octanol–water partition coefficient (Wildman–Crippen LogP) is 1.47. The zero-order valence-electron chi connectivity index (χ0n) is 9.75. The van der Waals surface area contributed by atoms with Gasteiger partial charge in [0, 0.05) is 10.6 Å². The van der Waals surface area contributed by atoms with Crippen LogP contribution in [0.3, 0.4) is 0 Å². The van der Waals surface area contributed by atoms with Crippen LogP contribution in [0.5, 0.6) is 5.75 Å². The zero-order valence-corrected chi connectivity index (χ0v) is 12.4. The molecule has 1 atom stereocenters. The number of aliphatic hydroxyl groups excluding tert-OH is 1. The summed E-state index contributed by atoms with van der Waals surface area (Å²) in [4.78, 5) is 27.4. The maximum Gasteiger partial charge on any atom is 0.388 e. The zero-order chi connectivity index (χ0) is 14.5. The summed E-state index contributed by atoms with van der Waals surface area (Å²) in [6, 6.07) is 6.07. The molecule has 1 aromatic carbocycles. The number of thioether (sulfide) groups is 1. The molecule has 0 heterocycles. The molecule has 0 bridgehead atoms. The van der Waals surface area contributed by atoms with E-state index in [0.29, 0.717) is 5.75 Å². The average Bonchev–Trinajstić information content (AvgIpc) is 2.24. The third-order valence-corrected chi connectivity index (χ3v) is 6.19. The van der Waals surface area contributed by atoms with Gasteiger partial charge in [-0.2, -0.15) is 0 Å². The molecule has 108 valence electrons. The van der Waals surface area contributed by atoms with Gasteiger partial charge >= 0.3 is 15.2 Å². The molecule has 1 aromatic rings. The number of hydrogen-bond acceptors (Lipinski definition) is 5. The summed E-state index contributed by atoms with van der Waals surface area (Å²) < 4.78 is 26.8. The Morgan fingerprint density at radius 1 is 1.11 bits per heavy atom. The molecule has 0 aliphatic heterocycles. The highest BCUT2D eigenvalue weighted by Crippen LogP contribution is 2.55. The van der Waals surface area contributed by atoms with Crippen molar-refractivity contribution >= 4 is 27.0 Å². The maximum absolute atomic E-state index is 11.5. The highest BCUT2D eigenvalue weighted by Gasteiger charge is 2.32. The van der Waals surface area contributed by atoms with E-state index in [1.54, 1.807) is 12.1 Å². The van der Waals surface area contributed by atoms with Crippen LogP contribution in [0.4, 0.5) is 0 Å². The fourth-order valence-electron chi connectivity index (χ4n) is 1.19. The van der Waals surface area contributed by atoms with E-state index >= 15 is 0 Å². The Bertz CT molecular complexity index is 498. The van der Waals surface area contributed by atoms with Gasteiger partial charge in [0.1, 0.15) is 5.75 Å². The molecule has 0 saturated heterocycles. The second kappa shape index (κ2) is 6.90. The second-order valence-electron chi connectivity index (χ2n) is 3.58. The summed E-state index contributed by atoms with van der Waals surface area (Å²) in [6.45, 7) is 0.0387. The molecule has 7 nitrogen and oxygen atoms in total. The van der Waals surface area contributed by atoms with E-state index in [0.717, 1.165) is 4.90 Å².